The van der Waals surface area contributed by atoms with Gasteiger partial charge in [0.15, 0.2) is 0 Å². The Morgan fingerprint density at radius 1 is 0.769 bits per heavy atom. The number of hydrogen-bond acceptors (Lipinski definition) is 1. The predicted octanol–water partition coefficient (Wildman–Crippen LogP) is 2.58. The van der Waals surface area contributed by atoms with E-state index >= 15 is 0 Å². The lowest BCUT2D eigenvalue weighted by atomic mass is 9.68. The van der Waals surface area contributed by atoms with Crippen LogP contribution in [0.5, 0.6) is 0 Å². The normalized spacial score (nSPS) is 54.7. The number of aliphatic hydroxyl groups is 1. The maximum atomic E-state index is 10.0. The van der Waals surface area contributed by atoms with Crippen molar-refractivity contribution in [1.29, 1.82) is 0 Å². The standard InChI is InChI=1S/C12H20O/c13-12-7-8-3-1-4-9(8)10-5-2-6-11(10)12/h8-13H,1-7H2/t8-,9+,10-,11+,12-/m1/s1. The van der Waals surface area contributed by atoms with Crippen LogP contribution in [0.1, 0.15) is 44.9 Å². The van der Waals surface area contributed by atoms with Crippen LogP contribution in [0.25, 0.3) is 0 Å². The minimum absolute atomic E-state index is 0.0619. The molecule has 0 aromatic heterocycles. The van der Waals surface area contributed by atoms with Crippen LogP contribution < -0.4 is 0 Å². The lowest BCUT2D eigenvalue weighted by Gasteiger charge is -2.39. The molecule has 1 nitrogen and oxygen atoms in total. The van der Waals surface area contributed by atoms with E-state index < -0.39 is 0 Å². The Labute approximate surface area is 80.5 Å². The van der Waals surface area contributed by atoms with E-state index in [9.17, 15) is 5.11 Å². The minimum Gasteiger partial charge on any atom is -0.393 e. The van der Waals surface area contributed by atoms with E-state index in [1.54, 1.807) is 0 Å². The molecule has 3 fully saturated rings. The van der Waals surface area contributed by atoms with Crippen molar-refractivity contribution >= 4 is 0 Å². The van der Waals surface area contributed by atoms with Crippen LogP contribution in [0.3, 0.4) is 0 Å². The van der Waals surface area contributed by atoms with Crippen molar-refractivity contribution in [3.05, 3.63) is 0 Å². The van der Waals surface area contributed by atoms with Crippen molar-refractivity contribution in [1.82, 2.24) is 0 Å². The zero-order valence-corrected chi connectivity index (χ0v) is 8.28. The second-order valence-electron chi connectivity index (χ2n) is 5.42. The highest BCUT2D eigenvalue weighted by atomic mass is 16.3. The van der Waals surface area contributed by atoms with E-state index in [1.165, 1.54) is 38.5 Å². The Morgan fingerprint density at radius 2 is 1.46 bits per heavy atom. The van der Waals surface area contributed by atoms with Gasteiger partial charge in [-0.05, 0) is 49.4 Å². The monoisotopic (exact) mass is 180 g/mol. The summed E-state index contributed by atoms with van der Waals surface area (Å²) >= 11 is 0. The average Bonchev–Trinajstić information content (AvgIpc) is 2.66. The molecule has 1 heteroatoms. The van der Waals surface area contributed by atoms with E-state index in [1.807, 2.05) is 0 Å². The van der Waals surface area contributed by atoms with Crippen LogP contribution >= 0.6 is 0 Å². The zero-order chi connectivity index (χ0) is 8.84. The summed E-state index contributed by atoms with van der Waals surface area (Å²) in [6.45, 7) is 0. The minimum atomic E-state index is 0.0619. The van der Waals surface area contributed by atoms with Gasteiger partial charge >= 0.3 is 0 Å². The Kier molecular flexibility index (Phi) is 1.90. The Bertz CT molecular complexity index is 201. The summed E-state index contributed by atoms with van der Waals surface area (Å²) in [6.07, 6.45) is 9.63. The molecule has 0 saturated heterocycles. The molecular weight excluding hydrogens is 160 g/mol. The molecule has 5 atom stereocenters. The van der Waals surface area contributed by atoms with E-state index in [4.69, 9.17) is 0 Å². The molecule has 3 aliphatic carbocycles. The van der Waals surface area contributed by atoms with Gasteiger partial charge in [-0.15, -0.1) is 0 Å². The van der Waals surface area contributed by atoms with Gasteiger partial charge < -0.3 is 5.11 Å². The summed E-state index contributed by atoms with van der Waals surface area (Å²) in [7, 11) is 0. The molecule has 3 rings (SSSR count). The molecule has 13 heavy (non-hydrogen) atoms. The molecule has 0 amide bonds. The molecule has 0 radical (unpaired) electrons. The van der Waals surface area contributed by atoms with Gasteiger partial charge in [-0.1, -0.05) is 19.3 Å². The lowest BCUT2D eigenvalue weighted by Crippen LogP contribution is -2.38. The summed E-state index contributed by atoms with van der Waals surface area (Å²) in [4.78, 5) is 0. The molecule has 1 N–H and O–H groups in total. The van der Waals surface area contributed by atoms with Crippen molar-refractivity contribution in [3.8, 4) is 0 Å². The first-order chi connectivity index (χ1) is 6.36. The van der Waals surface area contributed by atoms with Gasteiger partial charge in [-0.25, -0.2) is 0 Å². The van der Waals surface area contributed by atoms with Gasteiger partial charge in [0.1, 0.15) is 0 Å². The van der Waals surface area contributed by atoms with Gasteiger partial charge in [0.05, 0.1) is 6.10 Å². The third-order valence-corrected chi connectivity index (χ3v) is 4.93. The fourth-order valence-electron chi connectivity index (χ4n) is 4.43. The largest absolute Gasteiger partial charge is 0.393 e. The summed E-state index contributed by atoms with van der Waals surface area (Å²) in [5.74, 6) is 3.51. The maximum Gasteiger partial charge on any atom is 0.0573 e. The molecule has 0 aliphatic heterocycles. The number of hydrogen-bond donors (Lipinski definition) is 1. The molecule has 0 unspecified atom stereocenters. The fourth-order valence-corrected chi connectivity index (χ4v) is 4.43. The van der Waals surface area contributed by atoms with Crippen LogP contribution in [-0.2, 0) is 0 Å². The van der Waals surface area contributed by atoms with Gasteiger partial charge in [0, 0.05) is 0 Å². The van der Waals surface area contributed by atoms with Crippen molar-refractivity contribution < 1.29 is 5.11 Å². The summed E-state index contributed by atoms with van der Waals surface area (Å²) in [5.41, 5.74) is 0. The SMILES string of the molecule is O[C@@H]1C[C@H]2CCC[C@@H]2[C@H]2CCC[C@@H]21. The van der Waals surface area contributed by atoms with E-state index in [0.717, 1.165) is 24.2 Å². The first kappa shape index (κ1) is 8.28. The molecule has 3 aliphatic rings. The highest BCUT2D eigenvalue weighted by molar-refractivity contribution is 4.97. The first-order valence-electron chi connectivity index (χ1n) is 6.04. The first-order valence-corrected chi connectivity index (χ1v) is 6.04. The maximum absolute atomic E-state index is 10.0. The fraction of sp³-hybridized carbons (Fsp3) is 1.00. The topological polar surface area (TPSA) is 20.2 Å². The van der Waals surface area contributed by atoms with Crippen molar-refractivity contribution in [3.63, 3.8) is 0 Å². The van der Waals surface area contributed by atoms with Gasteiger partial charge in [-0.2, -0.15) is 0 Å². The van der Waals surface area contributed by atoms with Gasteiger partial charge in [0.2, 0.25) is 0 Å². The van der Waals surface area contributed by atoms with Crippen molar-refractivity contribution in [2.24, 2.45) is 23.7 Å². The summed E-state index contributed by atoms with van der Waals surface area (Å²) < 4.78 is 0. The number of aliphatic hydroxyl groups excluding tert-OH is 1. The average molecular weight is 180 g/mol. The summed E-state index contributed by atoms with van der Waals surface area (Å²) in [6, 6.07) is 0. The van der Waals surface area contributed by atoms with Gasteiger partial charge in [-0.3, -0.25) is 0 Å². The molecule has 0 heterocycles. The zero-order valence-electron chi connectivity index (χ0n) is 8.28. The molecular formula is C12H20O. The molecule has 0 aromatic rings. The Hall–Kier alpha value is -0.0400. The smallest absolute Gasteiger partial charge is 0.0573 e. The third-order valence-electron chi connectivity index (χ3n) is 4.93. The number of rotatable bonds is 0. The van der Waals surface area contributed by atoms with Crippen LogP contribution in [-0.4, -0.2) is 11.2 Å². The van der Waals surface area contributed by atoms with Crippen molar-refractivity contribution in [2.45, 2.75) is 51.0 Å². The molecule has 74 valence electrons. The van der Waals surface area contributed by atoms with E-state index in [2.05, 4.69) is 0 Å². The van der Waals surface area contributed by atoms with Crippen LogP contribution in [0.15, 0.2) is 0 Å². The quantitative estimate of drug-likeness (QED) is 0.607. The predicted molar refractivity (Wildman–Crippen MR) is 52.3 cm³/mol. The summed E-state index contributed by atoms with van der Waals surface area (Å²) in [5, 5.41) is 10.0. The van der Waals surface area contributed by atoms with E-state index in [-0.39, 0.29) is 6.10 Å². The Balaban J connectivity index is 1.84. The molecule has 0 aromatic carbocycles. The van der Waals surface area contributed by atoms with Crippen LogP contribution in [0.4, 0.5) is 0 Å². The highest BCUT2D eigenvalue weighted by Crippen LogP contribution is 2.53. The molecule has 0 spiro atoms. The second-order valence-corrected chi connectivity index (χ2v) is 5.42. The highest BCUT2D eigenvalue weighted by Gasteiger charge is 2.47. The van der Waals surface area contributed by atoms with Crippen LogP contribution in [0.2, 0.25) is 0 Å². The molecule has 0 bridgehead atoms. The van der Waals surface area contributed by atoms with Gasteiger partial charge in [0.25, 0.3) is 0 Å². The molecule has 3 saturated carbocycles. The second kappa shape index (κ2) is 2.98. The lowest BCUT2D eigenvalue weighted by molar-refractivity contribution is -0.00595. The van der Waals surface area contributed by atoms with Crippen LogP contribution in [0, 0.1) is 23.7 Å². The Morgan fingerprint density at radius 3 is 2.38 bits per heavy atom. The third kappa shape index (κ3) is 1.16. The van der Waals surface area contributed by atoms with E-state index in [0.29, 0.717) is 5.92 Å². The number of fused-ring (bicyclic) bond motifs is 3. The van der Waals surface area contributed by atoms with Crippen molar-refractivity contribution in [2.75, 3.05) is 0 Å².